The smallest absolute Gasteiger partial charge is 0.243 e. The molecular weight excluding hydrogens is 310 g/mol. The number of carbonyl (C=O) groups is 1. The van der Waals surface area contributed by atoms with Crippen LogP contribution in [0, 0.1) is 0 Å². The molecule has 0 aliphatic carbocycles. The number of ether oxygens (including phenoxy) is 2. The Bertz CT molecular complexity index is 665. The Labute approximate surface area is 140 Å². The van der Waals surface area contributed by atoms with E-state index in [-0.39, 0.29) is 18.6 Å². The molecular formula is C16H21N5O3. The van der Waals surface area contributed by atoms with Gasteiger partial charge in [0.1, 0.15) is 12.3 Å². The van der Waals surface area contributed by atoms with Crippen LogP contribution in [0.2, 0.25) is 0 Å². The second kappa shape index (κ2) is 7.87. The van der Waals surface area contributed by atoms with Gasteiger partial charge in [-0.3, -0.25) is 4.79 Å². The van der Waals surface area contributed by atoms with Crippen LogP contribution in [0.1, 0.15) is 19.8 Å². The Kier molecular flexibility index (Phi) is 5.37. The minimum Gasteiger partial charge on any atom is -0.494 e. The Balaban J connectivity index is 1.53. The molecule has 1 aliphatic heterocycles. The minimum absolute atomic E-state index is 0.0384. The van der Waals surface area contributed by atoms with E-state index in [4.69, 9.17) is 9.47 Å². The van der Waals surface area contributed by atoms with Gasteiger partial charge in [-0.15, -0.1) is 10.2 Å². The Morgan fingerprint density at radius 2 is 2.25 bits per heavy atom. The van der Waals surface area contributed by atoms with Gasteiger partial charge in [0.25, 0.3) is 0 Å². The Hall–Kier alpha value is -2.48. The monoisotopic (exact) mass is 331 g/mol. The summed E-state index contributed by atoms with van der Waals surface area (Å²) < 4.78 is 10.9. The van der Waals surface area contributed by atoms with Crippen LogP contribution in [0.3, 0.4) is 0 Å². The molecule has 2 heterocycles. The lowest BCUT2D eigenvalue weighted by atomic mass is 10.2. The number of hydrogen-bond donors (Lipinski definition) is 1. The lowest BCUT2D eigenvalue weighted by molar-refractivity contribution is -0.122. The summed E-state index contributed by atoms with van der Waals surface area (Å²) in [7, 11) is 0. The fourth-order valence-electron chi connectivity index (χ4n) is 2.51. The average Bonchev–Trinajstić information content (AvgIpc) is 3.26. The van der Waals surface area contributed by atoms with Gasteiger partial charge >= 0.3 is 0 Å². The normalized spacial score (nSPS) is 17.0. The fraction of sp³-hybridized carbons (Fsp3) is 0.500. The average molecular weight is 331 g/mol. The molecule has 8 nitrogen and oxygen atoms in total. The highest BCUT2D eigenvalue weighted by Gasteiger charge is 2.16. The summed E-state index contributed by atoms with van der Waals surface area (Å²) in [6.45, 7) is 3.90. The molecule has 8 heteroatoms. The lowest BCUT2D eigenvalue weighted by Crippen LogP contribution is -2.34. The van der Waals surface area contributed by atoms with Gasteiger partial charge in [-0.05, 0) is 49.2 Å². The van der Waals surface area contributed by atoms with Crippen LogP contribution in [0.5, 0.6) is 5.75 Å². The maximum atomic E-state index is 11.9. The number of carbonyl (C=O) groups excluding carboxylic acids is 1. The van der Waals surface area contributed by atoms with Gasteiger partial charge in [0.2, 0.25) is 11.7 Å². The summed E-state index contributed by atoms with van der Waals surface area (Å²) in [5, 5.41) is 15.0. The van der Waals surface area contributed by atoms with E-state index in [0.717, 1.165) is 30.8 Å². The Morgan fingerprint density at radius 3 is 2.96 bits per heavy atom. The van der Waals surface area contributed by atoms with Crippen molar-refractivity contribution in [2.45, 2.75) is 32.4 Å². The van der Waals surface area contributed by atoms with Crippen molar-refractivity contribution in [3.05, 3.63) is 24.3 Å². The van der Waals surface area contributed by atoms with Crippen molar-refractivity contribution in [3.8, 4) is 17.1 Å². The number of aromatic nitrogens is 4. The number of rotatable bonds is 7. The Morgan fingerprint density at radius 1 is 1.42 bits per heavy atom. The van der Waals surface area contributed by atoms with Crippen molar-refractivity contribution in [1.29, 1.82) is 0 Å². The summed E-state index contributed by atoms with van der Waals surface area (Å²) in [6.07, 6.45) is 2.16. The quantitative estimate of drug-likeness (QED) is 0.815. The number of amides is 1. The first kappa shape index (κ1) is 16.4. The number of tetrazole rings is 1. The van der Waals surface area contributed by atoms with E-state index in [1.807, 2.05) is 31.2 Å². The molecule has 1 aromatic carbocycles. The van der Waals surface area contributed by atoms with Gasteiger partial charge in [-0.2, -0.15) is 4.80 Å². The van der Waals surface area contributed by atoms with Crippen molar-refractivity contribution < 1.29 is 14.3 Å². The first-order chi connectivity index (χ1) is 11.7. The van der Waals surface area contributed by atoms with Crippen LogP contribution in [-0.2, 0) is 16.1 Å². The first-order valence-corrected chi connectivity index (χ1v) is 8.14. The molecule has 1 atom stereocenters. The molecule has 0 saturated carbocycles. The largest absolute Gasteiger partial charge is 0.494 e. The molecule has 0 spiro atoms. The standard InChI is InChI=1S/C16H21N5O3/c1-2-23-13-7-5-12(6-8-13)16-18-20-21(19-16)11-15(22)17-10-14-4-3-9-24-14/h5-8,14H,2-4,9-11H2,1H3,(H,17,22)/t14-/m1/s1. The molecule has 1 N–H and O–H groups in total. The van der Waals surface area contributed by atoms with E-state index in [1.165, 1.54) is 4.80 Å². The minimum atomic E-state index is -0.152. The zero-order valence-electron chi connectivity index (χ0n) is 13.6. The van der Waals surface area contributed by atoms with Gasteiger partial charge in [0.15, 0.2) is 0 Å². The fourth-order valence-corrected chi connectivity index (χ4v) is 2.51. The first-order valence-electron chi connectivity index (χ1n) is 8.14. The zero-order valence-corrected chi connectivity index (χ0v) is 13.6. The summed E-state index contributed by atoms with van der Waals surface area (Å²) in [5.41, 5.74) is 0.824. The number of hydrogen-bond acceptors (Lipinski definition) is 6. The maximum absolute atomic E-state index is 11.9. The lowest BCUT2D eigenvalue weighted by Gasteiger charge is -2.10. The summed E-state index contributed by atoms with van der Waals surface area (Å²) in [4.78, 5) is 13.2. The molecule has 0 bridgehead atoms. The van der Waals surface area contributed by atoms with Crippen molar-refractivity contribution in [2.75, 3.05) is 19.8 Å². The van der Waals surface area contributed by atoms with Gasteiger partial charge in [0.05, 0.1) is 12.7 Å². The highest BCUT2D eigenvalue weighted by atomic mass is 16.5. The summed E-state index contributed by atoms with van der Waals surface area (Å²) in [6, 6.07) is 7.44. The van der Waals surface area contributed by atoms with E-state index in [1.54, 1.807) is 0 Å². The third-order valence-corrected chi connectivity index (χ3v) is 3.71. The predicted molar refractivity (Wildman–Crippen MR) is 86.4 cm³/mol. The second-order valence-corrected chi connectivity index (χ2v) is 5.54. The molecule has 0 unspecified atom stereocenters. The van der Waals surface area contributed by atoms with Crippen LogP contribution in [0.4, 0.5) is 0 Å². The number of benzene rings is 1. The topological polar surface area (TPSA) is 91.2 Å². The molecule has 2 aromatic rings. The number of nitrogens with one attached hydrogen (secondary N) is 1. The van der Waals surface area contributed by atoms with Crippen LogP contribution in [0.25, 0.3) is 11.4 Å². The zero-order chi connectivity index (χ0) is 16.8. The van der Waals surface area contributed by atoms with Crippen molar-refractivity contribution in [1.82, 2.24) is 25.5 Å². The van der Waals surface area contributed by atoms with Crippen LogP contribution in [-0.4, -0.2) is 52.0 Å². The van der Waals surface area contributed by atoms with E-state index in [9.17, 15) is 4.79 Å². The van der Waals surface area contributed by atoms with Gasteiger partial charge in [-0.1, -0.05) is 0 Å². The molecule has 1 aromatic heterocycles. The summed E-state index contributed by atoms with van der Waals surface area (Å²) >= 11 is 0. The van der Waals surface area contributed by atoms with Crippen LogP contribution in [0.15, 0.2) is 24.3 Å². The SMILES string of the molecule is CCOc1ccc(-c2nnn(CC(=O)NC[C@H]3CCCO3)n2)cc1. The molecule has 1 fully saturated rings. The van der Waals surface area contributed by atoms with E-state index in [2.05, 4.69) is 20.7 Å². The van der Waals surface area contributed by atoms with Gasteiger partial charge in [-0.25, -0.2) is 0 Å². The van der Waals surface area contributed by atoms with Crippen molar-refractivity contribution in [2.24, 2.45) is 0 Å². The molecule has 1 aliphatic rings. The molecule has 3 rings (SSSR count). The summed E-state index contributed by atoms with van der Waals surface area (Å²) in [5.74, 6) is 1.12. The second-order valence-electron chi connectivity index (χ2n) is 5.54. The highest BCUT2D eigenvalue weighted by molar-refractivity contribution is 5.75. The third kappa shape index (κ3) is 4.29. The van der Waals surface area contributed by atoms with E-state index >= 15 is 0 Å². The van der Waals surface area contributed by atoms with E-state index < -0.39 is 0 Å². The molecule has 24 heavy (non-hydrogen) atoms. The molecule has 1 saturated heterocycles. The predicted octanol–water partition coefficient (Wildman–Crippen LogP) is 1.03. The highest BCUT2D eigenvalue weighted by Crippen LogP contribution is 2.18. The van der Waals surface area contributed by atoms with E-state index in [0.29, 0.717) is 19.0 Å². The molecule has 1 amide bonds. The maximum Gasteiger partial charge on any atom is 0.243 e. The number of nitrogens with zero attached hydrogens (tertiary/aromatic N) is 4. The van der Waals surface area contributed by atoms with Gasteiger partial charge in [0, 0.05) is 18.7 Å². The van der Waals surface area contributed by atoms with Crippen molar-refractivity contribution in [3.63, 3.8) is 0 Å². The molecule has 0 radical (unpaired) electrons. The molecule has 128 valence electrons. The van der Waals surface area contributed by atoms with Crippen LogP contribution < -0.4 is 10.1 Å². The van der Waals surface area contributed by atoms with Gasteiger partial charge < -0.3 is 14.8 Å². The third-order valence-electron chi connectivity index (χ3n) is 3.71. The van der Waals surface area contributed by atoms with Crippen LogP contribution >= 0.6 is 0 Å². The van der Waals surface area contributed by atoms with Crippen molar-refractivity contribution >= 4 is 5.91 Å².